The molecule has 5 nitrogen and oxygen atoms in total. The molecule has 0 unspecified atom stereocenters. The maximum Gasteiger partial charge on any atom is 0.255 e. The second-order valence-electron chi connectivity index (χ2n) is 7.64. The number of carbonyl (C=O) groups excluding carboxylic acids is 3. The third-order valence-corrected chi connectivity index (χ3v) is 6.56. The number of halogens is 2. The molecule has 146 valence electrons. The number of carbonyl (C=O) groups is 3. The van der Waals surface area contributed by atoms with Crippen LogP contribution in [0.1, 0.15) is 16.8 Å². The summed E-state index contributed by atoms with van der Waals surface area (Å²) in [6, 6.07) is 11.3. The van der Waals surface area contributed by atoms with Crippen molar-refractivity contribution in [3.8, 4) is 0 Å². The van der Waals surface area contributed by atoms with Gasteiger partial charge in [0.2, 0.25) is 11.8 Å². The molecule has 2 fully saturated rings. The maximum absolute atomic E-state index is 13.0. The molecule has 1 saturated heterocycles. The Bertz CT molecular complexity index is 1070. The van der Waals surface area contributed by atoms with Crippen LogP contribution >= 0.6 is 23.2 Å². The number of nitrogens with zero attached hydrogens (tertiary/aromatic N) is 1. The molecule has 0 spiro atoms. The number of anilines is 2. The number of allylic oxidation sites excluding steroid dienone is 2. The molecule has 2 aromatic rings. The summed E-state index contributed by atoms with van der Waals surface area (Å²) in [6.07, 6.45) is 4.99. The molecule has 0 aromatic heterocycles. The first kappa shape index (κ1) is 18.4. The molecule has 0 radical (unpaired) electrons. The van der Waals surface area contributed by atoms with E-state index in [1.807, 2.05) is 0 Å². The minimum atomic E-state index is -0.392. The maximum atomic E-state index is 13.0. The Morgan fingerprint density at radius 1 is 0.966 bits per heavy atom. The van der Waals surface area contributed by atoms with E-state index < -0.39 is 5.91 Å². The van der Waals surface area contributed by atoms with Gasteiger partial charge in [-0.25, -0.2) is 4.90 Å². The molecule has 3 aliphatic rings. The number of hydrogen-bond donors (Lipinski definition) is 1. The lowest BCUT2D eigenvalue weighted by atomic mass is 9.85. The van der Waals surface area contributed by atoms with E-state index in [1.165, 1.54) is 11.0 Å². The van der Waals surface area contributed by atoms with Crippen LogP contribution in [0.2, 0.25) is 10.0 Å². The number of fused-ring (bicyclic) bond motifs is 5. The van der Waals surface area contributed by atoms with Crippen molar-refractivity contribution in [3.05, 3.63) is 70.2 Å². The van der Waals surface area contributed by atoms with Gasteiger partial charge in [-0.2, -0.15) is 0 Å². The molecule has 3 amide bonds. The van der Waals surface area contributed by atoms with E-state index in [0.717, 1.165) is 6.42 Å². The smallest absolute Gasteiger partial charge is 0.255 e. The molecule has 1 aliphatic heterocycles. The highest BCUT2D eigenvalue weighted by atomic mass is 35.5. The summed E-state index contributed by atoms with van der Waals surface area (Å²) in [5.41, 5.74) is 1.17. The summed E-state index contributed by atoms with van der Waals surface area (Å²) in [6.45, 7) is 0. The minimum Gasteiger partial charge on any atom is -0.321 e. The standard InChI is InChI=1S/C22H16Cl2N2O3/c23-14-6-7-17(16(24)10-14)25-20(27)13-2-1-3-15(9-13)26-21(28)18-11-4-5-12(8-11)19(18)22(26)29/h1-7,9-12,18-19H,8H2,(H,25,27)/t11-,12-,18-,19+/m0/s1. The third-order valence-electron chi connectivity index (χ3n) is 6.02. The molecule has 2 bridgehead atoms. The fourth-order valence-electron chi connectivity index (χ4n) is 4.73. The second-order valence-corrected chi connectivity index (χ2v) is 8.48. The average molecular weight is 427 g/mol. The van der Waals surface area contributed by atoms with Gasteiger partial charge in [0.1, 0.15) is 0 Å². The highest BCUT2D eigenvalue weighted by Gasteiger charge is 2.59. The van der Waals surface area contributed by atoms with Crippen LogP contribution in [0.15, 0.2) is 54.6 Å². The number of benzene rings is 2. The van der Waals surface area contributed by atoms with E-state index in [-0.39, 0.29) is 35.5 Å². The van der Waals surface area contributed by atoms with Crippen LogP contribution < -0.4 is 10.2 Å². The number of rotatable bonds is 3. The van der Waals surface area contributed by atoms with Crippen molar-refractivity contribution < 1.29 is 14.4 Å². The lowest BCUT2D eigenvalue weighted by Gasteiger charge is -2.18. The average Bonchev–Trinajstić information content (AvgIpc) is 3.38. The molecule has 4 atom stereocenters. The van der Waals surface area contributed by atoms with Crippen LogP contribution in [-0.4, -0.2) is 17.7 Å². The van der Waals surface area contributed by atoms with Gasteiger partial charge in [0.15, 0.2) is 0 Å². The Balaban J connectivity index is 1.41. The summed E-state index contributed by atoms with van der Waals surface area (Å²) in [7, 11) is 0. The number of amides is 3. The van der Waals surface area contributed by atoms with E-state index >= 15 is 0 Å². The van der Waals surface area contributed by atoms with Crippen LogP contribution in [0.3, 0.4) is 0 Å². The first-order valence-electron chi connectivity index (χ1n) is 9.36. The number of hydrogen-bond acceptors (Lipinski definition) is 3. The number of nitrogens with one attached hydrogen (secondary N) is 1. The Labute approximate surface area is 177 Å². The monoisotopic (exact) mass is 426 g/mol. The van der Waals surface area contributed by atoms with E-state index in [0.29, 0.717) is 27.0 Å². The lowest BCUT2D eigenvalue weighted by Crippen LogP contribution is -2.33. The summed E-state index contributed by atoms with van der Waals surface area (Å²) >= 11 is 12.0. The van der Waals surface area contributed by atoms with Crippen LogP contribution in [-0.2, 0) is 9.59 Å². The van der Waals surface area contributed by atoms with Crippen LogP contribution in [0, 0.1) is 23.7 Å². The SMILES string of the molecule is O=C(Nc1ccc(Cl)cc1Cl)c1cccc(N2C(=O)[C@@H]3[C@H](C2=O)[C@H]2C=C[C@H]3C2)c1. The Morgan fingerprint density at radius 3 is 2.31 bits per heavy atom. The predicted molar refractivity (Wildman–Crippen MR) is 111 cm³/mol. The van der Waals surface area contributed by atoms with Gasteiger partial charge >= 0.3 is 0 Å². The van der Waals surface area contributed by atoms with Gasteiger partial charge in [0.05, 0.1) is 28.2 Å². The quantitative estimate of drug-likeness (QED) is 0.577. The normalized spacial score (nSPS) is 26.9. The zero-order chi connectivity index (χ0) is 20.3. The summed E-state index contributed by atoms with van der Waals surface area (Å²) in [5.74, 6) is -0.997. The first-order valence-corrected chi connectivity index (χ1v) is 10.1. The zero-order valence-corrected chi connectivity index (χ0v) is 16.7. The van der Waals surface area contributed by atoms with Gasteiger partial charge in [-0.3, -0.25) is 14.4 Å². The van der Waals surface area contributed by atoms with Gasteiger partial charge in [-0.1, -0.05) is 41.4 Å². The van der Waals surface area contributed by atoms with Gasteiger partial charge in [-0.15, -0.1) is 0 Å². The summed E-state index contributed by atoms with van der Waals surface area (Å²) in [5, 5.41) is 3.52. The lowest BCUT2D eigenvalue weighted by molar-refractivity contribution is -0.123. The Morgan fingerprint density at radius 2 is 1.66 bits per heavy atom. The van der Waals surface area contributed by atoms with Crippen LogP contribution in [0.5, 0.6) is 0 Å². The van der Waals surface area contributed by atoms with Crippen LogP contribution in [0.25, 0.3) is 0 Å². The van der Waals surface area contributed by atoms with Crippen molar-refractivity contribution in [2.45, 2.75) is 6.42 Å². The molecule has 1 N–H and O–H groups in total. The number of imide groups is 1. The van der Waals surface area contributed by atoms with Crippen LogP contribution in [0.4, 0.5) is 11.4 Å². The molecule has 2 aromatic carbocycles. The predicted octanol–water partition coefficient (Wildman–Crippen LogP) is 4.56. The molecule has 29 heavy (non-hydrogen) atoms. The minimum absolute atomic E-state index is 0.143. The van der Waals surface area contributed by atoms with Crippen molar-refractivity contribution in [3.63, 3.8) is 0 Å². The van der Waals surface area contributed by atoms with E-state index in [4.69, 9.17) is 23.2 Å². The molecular formula is C22H16Cl2N2O3. The zero-order valence-electron chi connectivity index (χ0n) is 15.1. The topological polar surface area (TPSA) is 66.5 Å². The fraction of sp³-hybridized carbons (Fsp3) is 0.227. The van der Waals surface area contributed by atoms with Gasteiger partial charge in [0.25, 0.3) is 5.91 Å². The summed E-state index contributed by atoms with van der Waals surface area (Å²) < 4.78 is 0. The van der Waals surface area contributed by atoms with Gasteiger partial charge < -0.3 is 5.32 Å². The molecule has 1 heterocycles. The Hall–Kier alpha value is -2.63. The second kappa shape index (κ2) is 6.71. The molecular weight excluding hydrogens is 411 g/mol. The van der Waals surface area contributed by atoms with E-state index in [9.17, 15) is 14.4 Å². The molecule has 2 aliphatic carbocycles. The Kier molecular flexibility index (Phi) is 4.26. The highest BCUT2D eigenvalue weighted by Crippen LogP contribution is 2.53. The van der Waals surface area contributed by atoms with Gasteiger partial charge in [-0.05, 0) is 54.7 Å². The van der Waals surface area contributed by atoms with Crippen molar-refractivity contribution in [1.82, 2.24) is 0 Å². The van der Waals surface area contributed by atoms with Crippen molar-refractivity contribution in [2.24, 2.45) is 23.7 Å². The first-order chi connectivity index (χ1) is 13.9. The molecule has 1 saturated carbocycles. The summed E-state index contributed by atoms with van der Waals surface area (Å²) in [4.78, 5) is 39.9. The largest absolute Gasteiger partial charge is 0.321 e. The van der Waals surface area contributed by atoms with Crippen molar-refractivity contribution in [1.29, 1.82) is 0 Å². The molecule has 7 heteroatoms. The van der Waals surface area contributed by atoms with E-state index in [1.54, 1.807) is 36.4 Å². The van der Waals surface area contributed by atoms with Crippen molar-refractivity contribution in [2.75, 3.05) is 10.2 Å². The van der Waals surface area contributed by atoms with Gasteiger partial charge in [0, 0.05) is 10.6 Å². The highest BCUT2D eigenvalue weighted by molar-refractivity contribution is 6.36. The fourth-order valence-corrected chi connectivity index (χ4v) is 5.18. The van der Waals surface area contributed by atoms with E-state index in [2.05, 4.69) is 17.5 Å². The third kappa shape index (κ3) is 2.88. The molecule has 5 rings (SSSR count). The van der Waals surface area contributed by atoms with Crippen molar-refractivity contribution >= 4 is 52.3 Å².